The Morgan fingerprint density at radius 1 is 1.00 bits per heavy atom. The Kier molecular flexibility index (Phi) is 5.77. The molecule has 0 saturated carbocycles. The lowest BCUT2D eigenvalue weighted by molar-refractivity contribution is -0.114. The van der Waals surface area contributed by atoms with Crippen LogP contribution in [0, 0.1) is 0 Å². The summed E-state index contributed by atoms with van der Waals surface area (Å²) in [5.41, 5.74) is 0.793. The molecule has 1 aliphatic rings. The molecular formula is C21H20ClN5O4. The van der Waals surface area contributed by atoms with Crippen LogP contribution in [0.3, 0.4) is 0 Å². The van der Waals surface area contributed by atoms with E-state index in [9.17, 15) is 14.4 Å². The molecule has 3 heterocycles. The lowest BCUT2D eigenvalue weighted by atomic mass is 10.2. The smallest absolute Gasteiger partial charge is 0.289 e. The van der Waals surface area contributed by atoms with Crippen molar-refractivity contribution in [2.24, 2.45) is 0 Å². The van der Waals surface area contributed by atoms with E-state index in [0.717, 1.165) is 0 Å². The SMILES string of the molecule is CC(=O)Nc1c(C(=O)N2CCN(C(=O)c3ccco3)CC2)cnn1-c1ccccc1Cl. The fraction of sp³-hybridized carbons (Fsp3) is 0.238. The summed E-state index contributed by atoms with van der Waals surface area (Å²) in [6.07, 6.45) is 2.87. The molecule has 0 atom stereocenters. The summed E-state index contributed by atoms with van der Waals surface area (Å²) in [6.45, 7) is 2.81. The van der Waals surface area contributed by atoms with Crippen LogP contribution in [-0.4, -0.2) is 63.5 Å². The van der Waals surface area contributed by atoms with Crippen molar-refractivity contribution in [1.29, 1.82) is 0 Å². The van der Waals surface area contributed by atoms with Crippen molar-refractivity contribution in [1.82, 2.24) is 19.6 Å². The van der Waals surface area contributed by atoms with Crippen molar-refractivity contribution in [3.8, 4) is 5.69 Å². The standard InChI is InChI=1S/C21H20ClN5O4/c1-14(28)24-19-15(13-23-27(19)17-6-3-2-5-16(17)22)20(29)25-8-10-26(11-9-25)21(30)18-7-4-12-31-18/h2-7,12-13H,8-11H2,1H3,(H,24,28). The number of furan rings is 1. The first-order valence-electron chi connectivity index (χ1n) is 9.68. The highest BCUT2D eigenvalue weighted by atomic mass is 35.5. The molecule has 1 fully saturated rings. The van der Waals surface area contributed by atoms with Crippen molar-refractivity contribution in [2.45, 2.75) is 6.92 Å². The van der Waals surface area contributed by atoms with E-state index >= 15 is 0 Å². The Morgan fingerprint density at radius 3 is 2.29 bits per heavy atom. The monoisotopic (exact) mass is 441 g/mol. The molecule has 0 spiro atoms. The Labute approximate surface area is 183 Å². The highest BCUT2D eigenvalue weighted by Crippen LogP contribution is 2.27. The lowest BCUT2D eigenvalue weighted by Crippen LogP contribution is -2.50. The number of carbonyl (C=O) groups is 3. The van der Waals surface area contributed by atoms with Gasteiger partial charge in [-0.05, 0) is 24.3 Å². The molecule has 3 amide bonds. The zero-order valence-corrected chi connectivity index (χ0v) is 17.5. The maximum atomic E-state index is 13.2. The Balaban J connectivity index is 1.54. The first kappa shape index (κ1) is 20.7. The summed E-state index contributed by atoms with van der Waals surface area (Å²) in [7, 11) is 0. The molecule has 160 valence electrons. The molecule has 2 aromatic heterocycles. The zero-order chi connectivity index (χ0) is 22.0. The van der Waals surface area contributed by atoms with Gasteiger partial charge in [0, 0.05) is 33.1 Å². The minimum atomic E-state index is -0.336. The number of anilines is 1. The normalized spacial score (nSPS) is 13.9. The van der Waals surface area contributed by atoms with Crippen LogP contribution in [-0.2, 0) is 4.79 Å². The van der Waals surface area contributed by atoms with Crippen LogP contribution in [0.1, 0.15) is 27.8 Å². The molecule has 4 rings (SSSR count). The van der Waals surface area contributed by atoms with Gasteiger partial charge in [-0.2, -0.15) is 5.10 Å². The second-order valence-electron chi connectivity index (χ2n) is 7.01. The van der Waals surface area contributed by atoms with Crippen molar-refractivity contribution >= 4 is 35.1 Å². The van der Waals surface area contributed by atoms with Gasteiger partial charge in [-0.15, -0.1) is 0 Å². The molecule has 1 aromatic carbocycles. The van der Waals surface area contributed by atoms with Crippen LogP contribution >= 0.6 is 11.6 Å². The number of piperazine rings is 1. The summed E-state index contributed by atoms with van der Waals surface area (Å²) in [5, 5.41) is 7.41. The molecule has 1 aliphatic heterocycles. The number of hydrogen-bond acceptors (Lipinski definition) is 5. The van der Waals surface area contributed by atoms with Gasteiger partial charge in [0.05, 0.1) is 23.2 Å². The average molecular weight is 442 g/mol. The number of halogens is 1. The van der Waals surface area contributed by atoms with Crippen LogP contribution in [0.5, 0.6) is 0 Å². The number of carbonyl (C=O) groups excluding carboxylic acids is 3. The predicted molar refractivity (Wildman–Crippen MR) is 113 cm³/mol. The number of nitrogens with zero attached hydrogens (tertiary/aromatic N) is 4. The van der Waals surface area contributed by atoms with Gasteiger partial charge in [0.2, 0.25) is 5.91 Å². The molecule has 9 nitrogen and oxygen atoms in total. The largest absolute Gasteiger partial charge is 0.459 e. The Bertz CT molecular complexity index is 1120. The molecule has 10 heteroatoms. The number of hydrogen-bond donors (Lipinski definition) is 1. The number of benzene rings is 1. The van der Waals surface area contributed by atoms with Crippen LogP contribution < -0.4 is 5.32 Å². The van der Waals surface area contributed by atoms with Gasteiger partial charge in [0.15, 0.2) is 5.76 Å². The molecule has 1 N–H and O–H groups in total. The third kappa shape index (κ3) is 4.17. The van der Waals surface area contributed by atoms with Gasteiger partial charge in [0.1, 0.15) is 11.4 Å². The van der Waals surface area contributed by atoms with Gasteiger partial charge in [0.25, 0.3) is 11.8 Å². The predicted octanol–water partition coefficient (Wildman–Crippen LogP) is 2.68. The van der Waals surface area contributed by atoms with E-state index < -0.39 is 0 Å². The first-order chi connectivity index (χ1) is 15.0. The zero-order valence-electron chi connectivity index (χ0n) is 16.7. The topological polar surface area (TPSA) is 101 Å². The fourth-order valence-corrected chi connectivity index (χ4v) is 3.65. The molecule has 0 radical (unpaired) electrons. The number of para-hydroxylation sites is 1. The summed E-state index contributed by atoms with van der Waals surface area (Å²) in [6, 6.07) is 10.3. The number of aromatic nitrogens is 2. The van der Waals surface area contributed by atoms with Crippen molar-refractivity contribution in [3.05, 3.63) is 65.2 Å². The highest BCUT2D eigenvalue weighted by Gasteiger charge is 2.29. The Morgan fingerprint density at radius 2 is 1.68 bits per heavy atom. The Hall–Kier alpha value is -3.59. The summed E-state index contributed by atoms with van der Waals surface area (Å²) in [5.74, 6) is -0.306. The lowest BCUT2D eigenvalue weighted by Gasteiger charge is -2.34. The average Bonchev–Trinajstić information content (AvgIpc) is 3.43. The molecule has 3 aromatic rings. The van der Waals surface area contributed by atoms with Crippen LogP contribution in [0.25, 0.3) is 5.69 Å². The van der Waals surface area contributed by atoms with Crippen molar-refractivity contribution in [3.63, 3.8) is 0 Å². The van der Waals surface area contributed by atoms with E-state index in [1.165, 1.54) is 24.1 Å². The van der Waals surface area contributed by atoms with Crippen LogP contribution in [0.2, 0.25) is 5.02 Å². The number of rotatable bonds is 4. The van der Waals surface area contributed by atoms with Crippen LogP contribution in [0.4, 0.5) is 5.82 Å². The molecular weight excluding hydrogens is 422 g/mol. The summed E-state index contributed by atoms with van der Waals surface area (Å²) >= 11 is 6.28. The van der Waals surface area contributed by atoms with E-state index in [4.69, 9.17) is 16.0 Å². The molecule has 0 unspecified atom stereocenters. The third-order valence-electron chi connectivity index (χ3n) is 4.96. The highest BCUT2D eigenvalue weighted by molar-refractivity contribution is 6.32. The third-order valence-corrected chi connectivity index (χ3v) is 5.28. The van der Waals surface area contributed by atoms with E-state index in [2.05, 4.69) is 10.4 Å². The number of amides is 3. The summed E-state index contributed by atoms with van der Waals surface area (Å²) in [4.78, 5) is 40.7. The maximum Gasteiger partial charge on any atom is 0.289 e. The van der Waals surface area contributed by atoms with Gasteiger partial charge < -0.3 is 19.5 Å². The van der Waals surface area contributed by atoms with Crippen molar-refractivity contribution in [2.75, 3.05) is 31.5 Å². The molecule has 31 heavy (non-hydrogen) atoms. The first-order valence-corrected chi connectivity index (χ1v) is 10.1. The molecule has 0 bridgehead atoms. The molecule has 0 aliphatic carbocycles. The van der Waals surface area contributed by atoms with Gasteiger partial charge in [-0.25, -0.2) is 4.68 Å². The van der Waals surface area contributed by atoms with E-state index in [0.29, 0.717) is 36.9 Å². The van der Waals surface area contributed by atoms with E-state index in [1.54, 1.807) is 46.2 Å². The van der Waals surface area contributed by atoms with Gasteiger partial charge in [-0.3, -0.25) is 14.4 Å². The second kappa shape index (κ2) is 8.65. The minimum absolute atomic E-state index is 0.206. The molecule has 1 saturated heterocycles. The number of nitrogens with one attached hydrogen (secondary N) is 1. The van der Waals surface area contributed by atoms with Gasteiger partial charge >= 0.3 is 0 Å². The maximum absolute atomic E-state index is 13.2. The minimum Gasteiger partial charge on any atom is -0.459 e. The van der Waals surface area contributed by atoms with E-state index in [-0.39, 0.29) is 34.9 Å². The van der Waals surface area contributed by atoms with Crippen molar-refractivity contribution < 1.29 is 18.8 Å². The van der Waals surface area contributed by atoms with Crippen LogP contribution in [0.15, 0.2) is 53.3 Å². The quantitative estimate of drug-likeness (QED) is 0.670. The second-order valence-corrected chi connectivity index (χ2v) is 7.42. The summed E-state index contributed by atoms with van der Waals surface area (Å²) < 4.78 is 6.60. The van der Waals surface area contributed by atoms with Gasteiger partial charge in [-0.1, -0.05) is 23.7 Å². The van der Waals surface area contributed by atoms with E-state index in [1.807, 2.05) is 0 Å². The fourth-order valence-electron chi connectivity index (χ4n) is 3.44.